The lowest BCUT2D eigenvalue weighted by atomic mass is 10.2. The molecule has 0 radical (unpaired) electrons. The van der Waals surface area contributed by atoms with Gasteiger partial charge in [0, 0.05) is 18.0 Å². The van der Waals surface area contributed by atoms with Crippen LogP contribution in [0.25, 0.3) is 21.9 Å². The van der Waals surface area contributed by atoms with Gasteiger partial charge in [0.15, 0.2) is 5.82 Å². The lowest BCUT2D eigenvalue weighted by Gasteiger charge is -1.98. The molecule has 2 aromatic heterocycles. The van der Waals surface area contributed by atoms with Crippen LogP contribution in [0.4, 0.5) is 5.82 Å². The first-order valence-corrected chi connectivity index (χ1v) is 5.20. The molecule has 0 saturated carbocycles. The van der Waals surface area contributed by atoms with Crippen LogP contribution in [0.15, 0.2) is 24.5 Å². The Balaban J connectivity index is 2.50. The highest BCUT2D eigenvalue weighted by Gasteiger charge is 2.09. The van der Waals surface area contributed by atoms with Crippen LogP contribution < -0.4 is 5.32 Å². The van der Waals surface area contributed by atoms with Gasteiger partial charge in [-0.15, -0.1) is 0 Å². The van der Waals surface area contributed by atoms with Crippen LogP contribution in [-0.4, -0.2) is 22.0 Å². The van der Waals surface area contributed by atoms with E-state index in [1.54, 1.807) is 6.33 Å². The Morgan fingerprint density at radius 1 is 1.25 bits per heavy atom. The van der Waals surface area contributed by atoms with Gasteiger partial charge < -0.3 is 10.3 Å². The van der Waals surface area contributed by atoms with Crippen molar-refractivity contribution in [3.05, 3.63) is 30.1 Å². The Morgan fingerprint density at radius 3 is 2.94 bits per heavy atom. The van der Waals surface area contributed by atoms with Gasteiger partial charge in [0.1, 0.15) is 17.4 Å². The number of fused-ring (bicyclic) bond motifs is 3. The molecule has 80 valence electrons. The lowest BCUT2D eigenvalue weighted by Crippen LogP contribution is -1.93. The zero-order valence-corrected chi connectivity index (χ0v) is 9.20. The first-order chi connectivity index (χ1) is 7.79. The molecular formula is C12H12N4. The Labute approximate surface area is 92.7 Å². The lowest BCUT2D eigenvalue weighted by molar-refractivity contribution is 1.21. The molecule has 0 spiro atoms. The van der Waals surface area contributed by atoms with Crippen LogP contribution in [0.2, 0.25) is 0 Å². The van der Waals surface area contributed by atoms with Gasteiger partial charge in [-0.25, -0.2) is 9.97 Å². The maximum absolute atomic E-state index is 4.34. The normalized spacial score (nSPS) is 11.1. The minimum Gasteiger partial charge on any atom is -0.371 e. The number of hydrogen-bond acceptors (Lipinski definition) is 3. The van der Waals surface area contributed by atoms with Crippen molar-refractivity contribution in [3.63, 3.8) is 0 Å². The van der Waals surface area contributed by atoms with Crippen molar-refractivity contribution >= 4 is 27.8 Å². The van der Waals surface area contributed by atoms with Crippen molar-refractivity contribution in [1.29, 1.82) is 0 Å². The summed E-state index contributed by atoms with van der Waals surface area (Å²) in [6, 6.07) is 6.30. The van der Waals surface area contributed by atoms with Crippen LogP contribution in [-0.2, 0) is 0 Å². The van der Waals surface area contributed by atoms with E-state index >= 15 is 0 Å². The monoisotopic (exact) mass is 212 g/mol. The molecule has 0 aliphatic rings. The average molecular weight is 212 g/mol. The summed E-state index contributed by atoms with van der Waals surface area (Å²) in [5, 5.41) is 4.21. The van der Waals surface area contributed by atoms with Gasteiger partial charge >= 0.3 is 0 Å². The second kappa shape index (κ2) is 3.20. The molecule has 2 heterocycles. The van der Waals surface area contributed by atoms with Gasteiger partial charge in [-0.3, -0.25) is 0 Å². The van der Waals surface area contributed by atoms with Crippen molar-refractivity contribution < 1.29 is 0 Å². The number of H-pyrrole nitrogens is 1. The SMILES string of the molecule is CNc1ncnc2c1[nH]c1ccc(C)cc12. The predicted molar refractivity (Wildman–Crippen MR) is 65.7 cm³/mol. The molecule has 0 unspecified atom stereocenters. The second-order valence-corrected chi connectivity index (χ2v) is 3.87. The van der Waals surface area contributed by atoms with Gasteiger partial charge in [0.25, 0.3) is 0 Å². The minimum atomic E-state index is 0.832. The van der Waals surface area contributed by atoms with Crippen molar-refractivity contribution in [1.82, 2.24) is 15.0 Å². The quantitative estimate of drug-likeness (QED) is 0.651. The van der Waals surface area contributed by atoms with E-state index in [4.69, 9.17) is 0 Å². The molecule has 3 aromatic rings. The summed E-state index contributed by atoms with van der Waals surface area (Å²) in [4.78, 5) is 11.9. The number of nitrogens with zero attached hydrogens (tertiary/aromatic N) is 2. The predicted octanol–water partition coefficient (Wildman–Crippen LogP) is 2.46. The molecule has 3 rings (SSSR count). The van der Waals surface area contributed by atoms with Gasteiger partial charge in [0.2, 0.25) is 0 Å². The van der Waals surface area contributed by atoms with Gasteiger partial charge in [0.05, 0.1) is 0 Å². The third-order valence-electron chi connectivity index (χ3n) is 2.77. The Kier molecular flexibility index (Phi) is 1.83. The average Bonchev–Trinajstić information content (AvgIpc) is 2.67. The van der Waals surface area contributed by atoms with Crippen LogP contribution >= 0.6 is 0 Å². The molecule has 4 heteroatoms. The molecular weight excluding hydrogens is 200 g/mol. The fraction of sp³-hybridized carbons (Fsp3) is 0.167. The number of aromatic nitrogens is 3. The van der Waals surface area contributed by atoms with Crippen LogP contribution in [0, 0.1) is 6.92 Å². The third kappa shape index (κ3) is 1.16. The first-order valence-electron chi connectivity index (χ1n) is 5.20. The largest absolute Gasteiger partial charge is 0.371 e. The highest BCUT2D eigenvalue weighted by Crippen LogP contribution is 2.27. The number of aryl methyl sites for hydroxylation is 1. The molecule has 2 N–H and O–H groups in total. The molecule has 0 saturated heterocycles. The summed E-state index contributed by atoms with van der Waals surface area (Å²) in [7, 11) is 1.86. The topological polar surface area (TPSA) is 53.6 Å². The molecule has 0 atom stereocenters. The number of aromatic amines is 1. The molecule has 0 bridgehead atoms. The van der Waals surface area contributed by atoms with E-state index in [1.807, 2.05) is 7.05 Å². The Hall–Kier alpha value is -2.10. The highest BCUT2D eigenvalue weighted by atomic mass is 15.0. The molecule has 1 aromatic carbocycles. The number of benzene rings is 1. The summed E-state index contributed by atoms with van der Waals surface area (Å²) in [6.45, 7) is 2.08. The summed E-state index contributed by atoms with van der Waals surface area (Å²) >= 11 is 0. The van der Waals surface area contributed by atoms with Crippen LogP contribution in [0.3, 0.4) is 0 Å². The first kappa shape index (κ1) is 9.15. The van der Waals surface area contributed by atoms with Gasteiger partial charge in [-0.1, -0.05) is 11.6 Å². The van der Waals surface area contributed by atoms with E-state index in [9.17, 15) is 0 Å². The summed E-state index contributed by atoms with van der Waals surface area (Å²) < 4.78 is 0. The molecule has 16 heavy (non-hydrogen) atoms. The number of rotatable bonds is 1. The molecule has 0 amide bonds. The summed E-state index contributed by atoms with van der Waals surface area (Å²) in [6.07, 6.45) is 1.59. The zero-order chi connectivity index (χ0) is 11.1. The van der Waals surface area contributed by atoms with Crippen LogP contribution in [0.5, 0.6) is 0 Å². The summed E-state index contributed by atoms with van der Waals surface area (Å²) in [5.41, 5.74) is 4.26. The van der Waals surface area contributed by atoms with Gasteiger partial charge in [-0.2, -0.15) is 0 Å². The summed E-state index contributed by atoms with van der Waals surface area (Å²) in [5.74, 6) is 0.832. The maximum atomic E-state index is 4.34. The number of anilines is 1. The van der Waals surface area contributed by atoms with Gasteiger partial charge in [-0.05, 0) is 19.1 Å². The third-order valence-corrected chi connectivity index (χ3v) is 2.77. The van der Waals surface area contributed by atoms with E-state index < -0.39 is 0 Å². The highest BCUT2D eigenvalue weighted by molar-refractivity contribution is 6.08. The fourth-order valence-electron chi connectivity index (χ4n) is 2.00. The maximum Gasteiger partial charge on any atom is 0.153 e. The van der Waals surface area contributed by atoms with Crippen molar-refractivity contribution in [3.8, 4) is 0 Å². The molecule has 0 fully saturated rings. The Bertz CT molecular complexity index is 669. The van der Waals surface area contributed by atoms with Crippen molar-refractivity contribution in [2.45, 2.75) is 6.92 Å². The number of nitrogens with one attached hydrogen (secondary N) is 2. The van der Waals surface area contributed by atoms with Crippen molar-refractivity contribution in [2.75, 3.05) is 12.4 Å². The van der Waals surface area contributed by atoms with E-state index in [2.05, 4.69) is 45.4 Å². The van der Waals surface area contributed by atoms with Crippen molar-refractivity contribution in [2.24, 2.45) is 0 Å². The smallest absolute Gasteiger partial charge is 0.153 e. The number of hydrogen-bond donors (Lipinski definition) is 2. The Morgan fingerprint density at radius 2 is 2.12 bits per heavy atom. The van der Waals surface area contributed by atoms with E-state index in [-0.39, 0.29) is 0 Å². The second-order valence-electron chi connectivity index (χ2n) is 3.87. The zero-order valence-electron chi connectivity index (χ0n) is 9.20. The van der Waals surface area contributed by atoms with Crippen LogP contribution in [0.1, 0.15) is 5.56 Å². The van der Waals surface area contributed by atoms with E-state index in [1.165, 1.54) is 5.56 Å². The molecule has 0 aliphatic heterocycles. The minimum absolute atomic E-state index is 0.832. The standard InChI is InChI=1S/C12H12N4/c1-7-3-4-9-8(5-7)10-11(16-9)12(13-2)15-6-14-10/h3-6,16H,1-2H3,(H,13,14,15). The van der Waals surface area contributed by atoms with E-state index in [0.717, 1.165) is 27.8 Å². The van der Waals surface area contributed by atoms with E-state index in [0.29, 0.717) is 0 Å². The molecule has 0 aliphatic carbocycles. The molecule has 4 nitrogen and oxygen atoms in total. The fourth-order valence-corrected chi connectivity index (χ4v) is 2.00.